The number of hydrogen-bond donors (Lipinski definition) is 4. The lowest BCUT2D eigenvalue weighted by molar-refractivity contribution is -0.133. The van der Waals surface area contributed by atoms with E-state index in [1.807, 2.05) is 30.3 Å². The van der Waals surface area contributed by atoms with Gasteiger partial charge in [0.2, 0.25) is 15.9 Å². The van der Waals surface area contributed by atoms with Gasteiger partial charge in [-0.05, 0) is 73.3 Å². The Morgan fingerprint density at radius 1 is 1.06 bits per heavy atom. The Hall–Kier alpha value is -2.30. The second-order valence-corrected chi connectivity index (χ2v) is 11.4. The van der Waals surface area contributed by atoms with Gasteiger partial charge in [-0.1, -0.05) is 49.2 Å². The zero-order valence-corrected chi connectivity index (χ0v) is 21.2. The van der Waals surface area contributed by atoms with E-state index in [0.29, 0.717) is 4.90 Å². The lowest BCUT2D eigenvalue weighted by Gasteiger charge is -2.30. The highest BCUT2D eigenvalue weighted by Crippen LogP contribution is 2.28. The molecule has 0 heterocycles. The molecule has 1 unspecified atom stereocenters. The standard InChI is InChI=1S/C26H37N5O3S/c1-31(21-9-3-4-10-21)26(32)23(17-18-13-15-20(16-14-18)25(27)29-28)30-35(33,34)24-12-6-8-19-7-2-5-11-22(19)24/h6,8,12-16,21,23,25,29-30H,2-5,7,9-11,17,27-28H2,1H3/t23-,25?/m0/s1. The van der Waals surface area contributed by atoms with E-state index in [0.717, 1.165) is 73.6 Å². The van der Waals surface area contributed by atoms with Gasteiger partial charge < -0.3 is 10.6 Å². The van der Waals surface area contributed by atoms with Crippen molar-refractivity contribution in [1.82, 2.24) is 15.0 Å². The van der Waals surface area contributed by atoms with Crippen LogP contribution in [0.2, 0.25) is 0 Å². The summed E-state index contributed by atoms with van der Waals surface area (Å²) in [4.78, 5) is 15.6. The first-order valence-electron chi connectivity index (χ1n) is 12.5. The molecule has 2 aromatic rings. The highest BCUT2D eigenvalue weighted by Gasteiger charge is 2.33. The first-order chi connectivity index (χ1) is 16.8. The Bertz CT molecular complexity index is 1130. The Labute approximate surface area is 208 Å². The fourth-order valence-electron chi connectivity index (χ4n) is 5.34. The van der Waals surface area contributed by atoms with Gasteiger partial charge in [-0.15, -0.1) is 0 Å². The summed E-state index contributed by atoms with van der Waals surface area (Å²) in [5.74, 6) is 5.23. The first kappa shape index (κ1) is 25.8. The van der Waals surface area contributed by atoms with Crippen LogP contribution in [0.4, 0.5) is 0 Å². The summed E-state index contributed by atoms with van der Waals surface area (Å²) in [5.41, 5.74) is 12.0. The maximum Gasteiger partial charge on any atom is 0.241 e. The number of rotatable bonds is 9. The monoisotopic (exact) mass is 499 g/mol. The van der Waals surface area contributed by atoms with E-state index in [9.17, 15) is 13.2 Å². The number of sulfonamides is 1. The molecule has 0 aromatic heterocycles. The van der Waals surface area contributed by atoms with E-state index in [1.54, 1.807) is 24.1 Å². The number of fused-ring (bicyclic) bond motifs is 1. The summed E-state index contributed by atoms with van der Waals surface area (Å²) in [6.45, 7) is 0. The van der Waals surface area contributed by atoms with Crippen LogP contribution in [0, 0.1) is 0 Å². The molecule has 0 bridgehead atoms. The molecule has 2 atom stereocenters. The molecule has 0 saturated heterocycles. The van der Waals surface area contributed by atoms with Crippen LogP contribution >= 0.6 is 0 Å². The van der Waals surface area contributed by atoms with Gasteiger partial charge in [0.05, 0.1) is 11.1 Å². The third-order valence-electron chi connectivity index (χ3n) is 7.42. The minimum absolute atomic E-state index is 0.148. The number of hydrogen-bond acceptors (Lipinski definition) is 6. The number of nitrogens with two attached hydrogens (primary N) is 2. The molecule has 0 aliphatic heterocycles. The number of likely N-dealkylation sites (N-methyl/N-ethyl adjacent to an activating group) is 1. The smallest absolute Gasteiger partial charge is 0.241 e. The van der Waals surface area contributed by atoms with Crippen LogP contribution in [0.3, 0.4) is 0 Å². The first-order valence-corrected chi connectivity index (χ1v) is 14.0. The van der Waals surface area contributed by atoms with Crippen LogP contribution in [0.5, 0.6) is 0 Å². The van der Waals surface area contributed by atoms with Crippen molar-refractivity contribution < 1.29 is 13.2 Å². The number of benzene rings is 2. The van der Waals surface area contributed by atoms with Crippen molar-refractivity contribution in [2.24, 2.45) is 11.6 Å². The van der Waals surface area contributed by atoms with Gasteiger partial charge in [0.25, 0.3) is 0 Å². The van der Waals surface area contributed by atoms with E-state index >= 15 is 0 Å². The molecule has 1 saturated carbocycles. The van der Waals surface area contributed by atoms with Crippen molar-refractivity contribution >= 4 is 15.9 Å². The van der Waals surface area contributed by atoms with Crippen LogP contribution < -0.4 is 21.7 Å². The maximum absolute atomic E-state index is 13.6. The lowest BCUT2D eigenvalue weighted by atomic mass is 9.92. The molecule has 9 heteroatoms. The van der Waals surface area contributed by atoms with E-state index in [1.165, 1.54) is 0 Å². The van der Waals surface area contributed by atoms with Crippen LogP contribution in [0.15, 0.2) is 47.4 Å². The summed E-state index contributed by atoms with van der Waals surface area (Å²) >= 11 is 0. The summed E-state index contributed by atoms with van der Waals surface area (Å²) in [5, 5.41) is 0. The molecule has 0 radical (unpaired) electrons. The summed E-state index contributed by atoms with van der Waals surface area (Å²) in [6, 6.07) is 12.1. The molecular weight excluding hydrogens is 462 g/mol. The third kappa shape index (κ3) is 5.92. The predicted molar refractivity (Wildman–Crippen MR) is 137 cm³/mol. The Balaban J connectivity index is 1.61. The molecule has 2 aliphatic rings. The normalized spacial score (nSPS) is 18.1. The van der Waals surface area contributed by atoms with E-state index in [2.05, 4.69) is 10.1 Å². The number of aryl methyl sites for hydroxylation is 1. The number of nitrogens with one attached hydrogen (secondary N) is 2. The SMILES string of the molecule is CN(C(=O)[C@H](Cc1ccc(C(N)NN)cc1)NS(=O)(=O)c1cccc2c1CCCC2)C1CCCC1. The van der Waals surface area contributed by atoms with Crippen LogP contribution in [0.25, 0.3) is 0 Å². The van der Waals surface area contributed by atoms with Crippen LogP contribution in [-0.4, -0.2) is 38.4 Å². The zero-order chi connectivity index (χ0) is 25.0. The molecular formula is C26H37N5O3S. The molecule has 8 nitrogen and oxygen atoms in total. The molecule has 2 aromatic carbocycles. The molecule has 35 heavy (non-hydrogen) atoms. The number of nitrogens with zero attached hydrogens (tertiary/aromatic N) is 1. The van der Waals surface area contributed by atoms with E-state index < -0.39 is 22.2 Å². The van der Waals surface area contributed by atoms with Gasteiger partial charge in [0.1, 0.15) is 6.04 Å². The quantitative estimate of drug-likeness (QED) is 0.238. The van der Waals surface area contributed by atoms with E-state index in [4.69, 9.17) is 11.6 Å². The van der Waals surface area contributed by atoms with Gasteiger partial charge in [-0.25, -0.2) is 13.8 Å². The lowest BCUT2D eigenvalue weighted by Crippen LogP contribution is -2.51. The third-order valence-corrected chi connectivity index (χ3v) is 8.97. The molecule has 1 amide bonds. The number of hydrazine groups is 1. The minimum Gasteiger partial charge on any atom is -0.341 e. The van der Waals surface area contributed by atoms with Gasteiger partial charge in [-0.2, -0.15) is 4.72 Å². The average Bonchev–Trinajstić information content (AvgIpc) is 3.42. The van der Waals surface area contributed by atoms with Crippen molar-refractivity contribution in [3.8, 4) is 0 Å². The van der Waals surface area contributed by atoms with Crippen LogP contribution in [-0.2, 0) is 34.1 Å². The topological polar surface area (TPSA) is 131 Å². The highest BCUT2D eigenvalue weighted by atomic mass is 32.2. The zero-order valence-electron chi connectivity index (χ0n) is 20.4. The molecule has 190 valence electrons. The number of carbonyl (C=O) groups excluding carboxylic acids is 1. The Morgan fingerprint density at radius 2 is 1.74 bits per heavy atom. The summed E-state index contributed by atoms with van der Waals surface area (Å²) in [7, 11) is -2.10. The predicted octanol–water partition coefficient (Wildman–Crippen LogP) is 2.28. The number of amides is 1. The van der Waals surface area contributed by atoms with E-state index in [-0.39, 0.29) is 18.4 Å². The average molecular weight is 500 g/mol. The minimum atomic E-state index is -3.89. The molecule has 4 rings (SSSR count). The van der Waals surface area contributed by atoms with Crippen molar-refractivity contribution in [2.45, 2.75) is 80.9 Å². The Kier molecular flexibility index (Phi) is 8.23. The molecule has 6 N–H and O–H groups in total. The van der Waals surface area contributed by atoms with Gasteiger partial charge in [-0.3, -0.25) is 10.6 Å². The van der Waals surface area contributed by atoms with Crippen molar-refractivity contribution in [1.29, 1.82) is 0 Å². The summed E-state index contributed by atoms with van der Waals surface area (Å²) in [6.07, 6.45) is 7.49. The molecule has 2 aliphatic carbocycles. The second kappa shape index (κ2) is 11.2. The molecule has 1 fully saturated rings. The Morgan fingerprint density at radius 3 is 2.43 bits per heavy atom. The van der Waals surface area contributed by atoms with Gasteiger partial charge in [0.15, 0.2) is 0 Å². The van der Waals surface area contributed by atoms with Crippen molar-refractivity contribution in [2.75, 3.05) is 7.05 Å². The van der Waals surface area contributed by atoms with Crippen molar-refractivity contribution in [3.63, 3.8) is 0 Å². The fourth-order valence-corrected chi connectivity index (χ4v) is 6.84. The number of carbonyl (C=O) groups is 1. The molecule has 0 spiro atoms. The van der Waals surface area contributed by atoms with Crippen molar-refractivity contribution in [3.05, 3.63) is 64.7 Å². The fraction of sp³-hybridized carbons (Fsp3) is 0.500. The highest BCUT2D eigenvalue weighted by molar-refractivity contribution is 7.89. The maximum atomic E-state index is 13.6. The van der Waals surface area contributed by atoms with Gasteiger partial charge in [0, 0.05) is 13.1 Å². The second-order valence-electron chi connectivity index (χ2n) is 9.75. The van der Waals surface area contributed by atoms with Crippen LogP contribution in [0.1, 0.15) is 66.9 Å². The van der Waals surface area contributed by atoms with Gasteiger partial charge >= 0.3 is 0 Å². The largest absolute Gasteiger partial charge is 0.341 e. The summed E-state index contributed by atoms with van der Waals surface area (Å²) < 4.78 is 30.0.